The van der Waals surface area contributed by atoms with Crippen LogP contribution < -0.4 is 10.1 Å². The molecule has 0 saturated heterocycles. The quantitative estimate of drug-likeness (QED) is 0.862. The van der Waals surface area contributed by atoms with Gasteiger partial charge in [0.1, 0.15) is 5.75 Å². The fraction of sp³-hybridized carbons (Fsp3) is 0.625. The van der Waals surface area contributed by atoms with E-state index in [0.717, 1.165) is 23.3 Å². The van der Waals surface area contributed by atoms with Crippen LogP contribution in [0.15, 0.2) is 18.2 Å². The topological polar surface area (TPSA) is 21.3 Å². The molecule has 1 saturated carbocycles. The molecule has 1 fully saturated rings. The van der Waals surface area contributed by atoms with E-state index in [2.05, 4.69) is 44.3 Å². The first-order chi connectivity index (χ1) is 8.60. The van der Waals surface area contributed by atoms with Crippen LogP contribution in [0.1, 0.15) is 38.7 Å². The average molecular weight is 247 g/mol. The minimum Gasteiger partial charge on any atom is -0.495 e. The van der Waals surface area contributed by atoms with E-state index in [4.69, 9.17) is 4.74 Å². The molecule has 18 heavy (non-hydrogen) atoms. The van der Waals surface area contributed by atoms with Gasteiger partial charge in [0, 0.05) is 6.04 Å². The zero-order chi connectivity index (χ0) is 13.1. The molecule has 1 aliphatic carbocycles. The fourth-order valence-electron chi connectivity index (χ4n) is 2.85. The van der Waals surface area contributed by atoms with Gasteiger partial charge in [-0.15, -0.1) is 0 Å². The number of ether oxygens (including phenoxy) is 1. The third-order valence-corrected chi connectivity index (χ3v) is 4.16. The van der Waals surface area contributed by atoms with Crippen LogP contribution in [0.25, 0.3) is 0 Å². The van der Waals surface area contributed by atoms with Crippen LogP contribution in [-0.2, 0) is 0 Å². The van der Waals surface area contributed by atoms with Gasteiger partial charge in [-0.05, 0) is 49.3 Å². The zero-order valence-corrected chi connectivity index (χ0v) is 12.0. The number of anilines is 1. The summed E-state index contributed by atoms with van der Waals surface area (Å²) in [6.07, 6.45) is 3.95. The van der Waals surface area contributed by atoms with Crippen molar-refractivity contribution in [1.29, 1.82) is 0 Å². The highest BCUT2D eigenvalue weighted by Crippen LogP contribution is 2.33. The molecular formula is C16H25NO. The smallest absolute Gasteiger partial charge is 0.142 e. The van der Waals surface area contributed by atoms with Crippen LogP contribution >= 0.6 is 0 Å². The van der Waals surface area contributed by atoms with Crippen LogP contribution in [-0.4, -0.2) is 13.2 Å². The van der Waals surface area contributed by atoms with Crippen LogP contribution in [0.2, 0.25) is 0 Å². The molecule has 1 aromatic carbocycles. The van der Waals surface area contributed by atoms with E-state index in [9.17, 15) is 0 Å². The van der Waals surface area contributed by atoms with E-state index in [1.165, 1.54) is 24.8 Å². The summed E-state index contributed by atoms with van der Waals surface area (Å²) in [5, 5.41) is 3.68. The Morgan fingerprint density at radius 2 is 2.00 bits per heavy atom. The van der Waals surface area contributed by atoms with Gasteiger partial charge in [-0.3, -0.25) is 0 Å². The number of rotatable bonds is 3. The molecule has 0 aliphatic heterocycles. The van der Waals surface area contributed by atoms with Gasteiger partial charge in [-0.1, -0.05) is 26.3 Å². The summed E-state index contributed by atoms with van der Waals surface area (Å²) in [6.45, 7) is 6.80. The van der Waals surface area contributed by atoms with Crippen LogP contribution in [0, 0.1) is 18.8 Å². The molecule has 2 nitrogen and oxygen atoms in total. The maximum atomic E-state index is 5.47. The number of hydrogen-bond acceptors (Lipinski definition) is 2. The van der Waals surface area contributed by atoms with Crippen LogP contribution in [0.3, 0.4) is 0 Å². The van der Waals surface area contributed by atoms with Gasteiger partial charge in [0.2, 0.25) is 0 Å². The van der Waals surface area contributed by atoms with Crippen molar-refractivity contribution in [3.8, 4) is 5.75 Å². The maximum absolute atomic E-state index is 5.47. The minimum absolute atomic E-state index is 0.574. The Morgan fingerprint density at radius 3 is 2.72 bits per heavy atom. The molecule has 2 heteroatoms. The summed E-state index contributed by atoms with van der Waals surface area (Å²) in [5.41, 5.74) is 2.37. The lowest BCUT2D eigenvalue weighted by Gasteiger charge is -2.34. The Kier molecular flexibility index (Phi) is 4.15. The molecule has 0 bridgehead atoms. The van der Waals surface area contributed by atoms with Crippen molar-refractivity contribution < 1.29 is 4.74 Å². The molecule has 0 spiro atoms. The largest absolute Gasteiger partial charge is 0.495 e. The first-order valence-corrected chi connectivity index (χ1v) is 7.01. The van der Waals surface area contributed by atoms with E-state index in [1.54, 1.807) is 7.11 Å². The van der Waals surface area contributed by atoms with E-state index in [1.807, 2.05) is 0 Å². The zero-order valence-electron chi connectivity index (χ0n) is 12.0. The van der Waals surface area contributed by atoms with E-state index in [-0.39, 0.29) is 0 Å². The number of hydrogen-bond donors (Lipinski definition) is 1. The first-order valence-electron chi connectivity index (χ1n) is 7.01. The molecule has 0 heterocycles. The number of nitrogens with one attached hydrogen (secondary N) is 1. The molecule has 0 aromatic heterocycles. The molecule has 2 rings (SSSR count). The van der Waals surface area contributed by atoms with Crippen molar-refractivity contribution in [2.45, 2.75) is 46.1 Å². The summed E-state index contributed by atoms with van der Waals surface area (Å²) in [6, 6.07) is 6.95. The summed E-state index contributed by atoms with van der Waals surface area (Å²) >= 11 is 0. The lowest BCUT2D eigenvalue weighted by atomic mass is 9.80. The maximum Gasteiger partial charge on any atom is 0.142 e. The second-order valence-electron chi connectivity index (χ2n) is 5.85. The van der Waals surface area contributed by atoms with Gasteiger partial charge in [-0.2, -0.15) is 0 Å². The molecule has 1 aliphatic rings. The summed E-state index contributed by atoms with van der Waals surface area (Å²) in [7, 11) is 1.74. The van der Waals surface area contributed by atoms with Gasteiger partial charge in [0.25, 0.3) is 0 Å². The van der Waals surface area contributed by atoms with Crippen LogP contribution in [0.4, 0.5) is 5.69 Å². The Bertz CT molecular complexity index is 402. The third kappa shape index (κ3) is 2.98. The Balaban J connectivity index is 2.12. The van der Waals surface area contributed by atoms with Crippen molar-refractivity contribution in [3.63, 3.8) is 0 Å². The van der Waals surface area contributed by atoms with Gasteiger partial charge in [0.05, 0.1) is 12.8 Å². The van der Waals surface area contributed by atoms with E-state index < -0.39 is 0 Å². The highest BCUT2D eigenvalue weighted by molar-refractivity contribution is 5.58. The molecular weight excluding hydrogens is 222 g/mol. The van der Waals surface area contributed by atoms with Crippen LogP contribution in [0.5, 0.6) is 5.75 Å². The van der Waals surface area contributed by atoms with E-state index in [0.29, 0.717) is 6.04 Å². The molecule has 1 aromatic rings. The molecule has 3 unspecified atom stereocenters. The number of methoxy groups -OCH3 is 1. The normalized spacial score (nSPS) is 27.9. The average Bonchev–Trinajstić information content (AvgIpc) is 2.36. The summed E-state index contributed by atoms with van der Waals surface area (Å²) in [4.78, 5) is 0. The molecule has 0 radical (unpaired) electrons. The fourth-order valence-corrected chi connectivity index (χ4v) is 2.85. The molecule has 1 N–H and O–H groups in total. The lowest BCUT2D eigenvalue weighted by Crippen LogP contribution is -2.33. The SMILES string of the molecule is COc1cc(C)ccc1NC1CC(C)CCC1C. The van der Waals surface area contributed by atoms with E-state index >= 15 is 0 Å². The second-order valence-corrected chi connectivity index (χ2v) is 5.85. The Morgan fingerprint density at radius 1 is 1.22 bits per heavy atom. The summed E-state index contributed by atoms with van der Waals surface area (Å²) < 4.78 is 5.47. The van der Waals surface area contributed by atoms with Gasteiger partial charge >= 0.3 is 0 Å². The molecule has 3 atom stereocenters. The van der Waals surface area contributed by atoms with Gasteiger partial charge < -0.3 is 10.1 Å². The minimum atomic E-state index is 0.574. The van der Waals surface area contributed by atoms with Crippen molar-refractivity contribution in [2.75, 3.05) is 12.4 Å². The number of aryl methyl sites for hydroxylation is 1. The van der Waals surface area contributed by atoms with Crippen molar-refractivity contribution in [3.05, 3.63) is 23.8 Å². The molecule has 100 valence electrons. The Labute approximate surface area is 111 Å². The van der Waals surface area contributed by atoms with Crippen molar-refractivity contribution in [1.82, 2.24) is 0 Å². The monoisotopic (exact) mass is 247 g/mol. The van der Waals surface area contributed by atoms with Gasteiger partial charge in [-0.25, -0.2) is 0 Å². The second kappa shape index (κ2) is 5.64. The van der Waals surface area contributed by atoms with Crippen molar-refractivity contribution in [2.24, 2.45) is 11.8 Å². The standard InChI is InChI=1S/C16H25NO/c1-11-5-7-13(3)15(9-11)17-14-8-6-12(2)10-16(14)18-4/h6,8,10-11,13,15,17H,5,7,9H2,1-4H3. The first kappa shape index (κ1) is 13.3. The molecule has 0 amide bonds. The predicted octanol–water partition coefficient (Wildman–Crippen LogP) is 4.24. The Hall–Kier alpha value is -1.18. The predicted molar refractivity (Wildman–Crippen MR) is 77.3 cm³/mol. The summed E-state index contributed by atoms with van der Waals surface area (Å²) in [5.74, 6) is 2.53. The highest BCUT2D eigenvalue weighted by atomic mass is 16.5. The lowest BCUT2D eigenvalue weighted by molar-refractivity contribution is 0.280. The number of benzene rings is 1. The van der Waals surface area contributed by atoms with Crippen molar-refractivity contribution >= 4 is 5.69 Å². The third-order valence-electron chi connectivity index (χ3n) is 4.16. The highest BCUT2D eigenvalue weighted by Gasteiger charge is 2.25. The van der Waals surface area contributed by atoms with Gasteiger partial charge in [0.15, 0.2) is 0 Å².